The molecule has 0 saturated heterocycles. The number of ether oxygens (including phenoxy) is 1. The zero-order chi connectivity index (χ0) is 15.4. The van der Waals surface area contributed by atoms with Gasteiger partial charge in [0.15, 0.2) is 5.82 Å². The normalized spacial score (nSPS) is 10.7. The van der Waals surface area contributed by atoms with Gasteiger partial charge in [0, 0.05) is 16.2 Å². The summed E-state index contributed by atoms with van der Waals surface area (Å²) in [7, 11) is 0. The number of halogens is 1. The molecule has 4 nitrogen and oxygen atoms in total. The van der Waals surface area contributed by atoms with Gasteiger partial charge >= 0.3 is 5.97 Å². The van der Waals surface area contributed by atoms with Gasteiger partial charge in [0.25, 0.3) is 0 Å². The van der Waals surface area contributed by atoms with E-state index in [9.17, 15) is 4.79 Å². The minimum absolute atomic E-state index is 0.105. The monoisotopic (exact) mass is 348 g/mol. The van der Waals surface area contributed by atoms with Gasteiger partial charge < -0.3 is 4.74 Å². The first-order valence-corrected chi connectivity index (χ1v) is 7.62. The van der Waals surface area contributed by atoms with Crippen LogP contribution in [0.25, 0.3) is 11.4 Å². The first kappa shape index (κ1) is 15.6. The summed E-state index contributed by atoms with van der Waals surface area (Å²) in [6, 6.07) is 7.74. The van der Waals surface area contributed by atoms with Crippen molar-refractivity contribution in [1.82, 2.24) is 9.97 Å². The zero-order valence-electron chi connectivity index (χ0n) is 12.3. The van der Waals surface area contributed by atoms with Crippen molar-refractivity contribution in [3.05, 3.63) is 46.2 Å². The van der Waals surface area contributed by atoms with Crippen molar-refractivity contribution in [2.24, 2.45) is 0 Å². The highest BCUT2D eigenvalue weighted by molar-refractivity contribution is 9.10. The fourth-order valence-electron chi connectivity index (χ4n) is 1.97. The molecule has 0 saturated carbocycles. The van der Waals surface area contributed by atoms with Gasteiger partial charge in [-0.05, 0) is 18.9 Å². The Morgan fingerprint density at radius 1 is 1.33 bits per heavy atom. The molecule has 2 aromatic rings. The Bertz CT molecular complexity index is 656. The van der Waals surface area contributed by atoms with Gasteiger partial charge in [-0.15, -0.1) is 0 Å². The van der Waals surface area contributed by atoms with Gasteiger partial charge in [0.05, 0.1) is 17.9 Å². The zero-order valence-corrected chi connectivity index (χ0v) is 13.8. The lowest BCUT2D eigenvalue weighted by Gasteiger charge is -2.12. The molecule has 0 aliphatic heterocycles. The lowest BCUT2D eigenvalue weighted by molar-refractivity contribution is 0.0523. The van der Waals surface area contributed by atoms with Crippen LogP contribution >= 0.6 is 15.9 Å². The number of carbonyl (C=O) groups is 1. The summed E-state index contributed by atoms with van der Waals surface area (Å²) in [5.74, 6) is 0.327. The molecule has 0 aliphatic rings. The van der Waals surface area contributed by atoms with Crippen LogP contribution in [0.5, 0.6) is 0 Å². The van der Waals surface area contributed by atoms with Gasteiger partial charge in [-0.2, -0.15) is 0 Å². The van der Waals surface area contributed by atoms with Gasteiger partial charge in [-0.1, -0.05) is 48.0 Å². The van der Waals surface area contributed by atoms with Crippen LogP contribution in [0, 0.1) is 0 Å². The first-order chi connectivity index (χ1) is 10.0. The number of aromatic nitrogens is 2. The van der Waals surface area contributed by atoms with Crippen LogP contribution in [0.4, 0.5) is 0 Å². The van der Waals surface area contributed by atoms with E-state index < -0.39 is 0 Å². The van der Waals surface area contributed by atoms with Crippen molar-refractivity contribution in [3.63, 3.8) is 0 Å². The third-order valence-electron chi connectivity index (χ3n) is 2.98. The average Bonchev–Trinajstić information content (AvgIpc) is 2.47. The second-order valence-corrected chi connectivity index (χ2v) is 5.70. The van der Waals surface area contributed by atoms with E-state index in [0.29, 0.717) is 23.7 Å². The predicted molar refractivity (Wildman–Crippen MR) is 85.2 cm³/mol. The van der Waals surface area contributed by atoms with Crippen molar-refractivity contribution in [1.29, 1.82) is 0 Å². The van der Waals surface area contributed by atoms with Crippen LogP contribution in [0.15, 0.2) is 34.9 Å². The van der Waals surface area contributed by atoms with Gasteiger partial charge in [0.1, 0.15) is 0 Å². The van der Waals surface area contributed by atoms with Crippen molar-refractivity contribution < 1.29 is 9.53 Å². The third kappa shape index (κ3) is 3.47. The van der Waals surface area contributed by atoms with Crippen molar-refractivity contribution in [3.8, 4) is 11.4 Å². The fraction of sp³-hybridized carbons (Fsp3) is 0.312. The second-order valence-electron chi connectivity index (χ2n) is 4.85. The number of nitrogens with zero attached hydrogens (tertiary/aromatic N) is 2. The van der Waals surface area contributed by atoms with Gasteiger partial charge in [-0.3, -0.25) is 0 Å². The Morgan fingerprint density at radius 2 is 2.05 bits per heavy atom. The van der Waals surface area contributed by atoms with Crippen molar-refractivity contribution >= 4 is 21.9 Å². The lowest BCUT2D eigenvalue weighted by atomic mass is 10.0. The molecular weight excluding hydrogens is 332 g/mol. The van der Waals surface area contributed by atoms with E-state index in [1.54, 1.807) is 13.1 Å². The van der Waals surface area contributed by atoms with Crippen molar-refractivity contribution in [2.75, 3.05) is 6.61 Å². The van der Waals surface area contributed by atoms with Crippen LogP contribution in [0.2, 0.25) is 0 Å². The molecule has 1 aromatic heterocycles. The second kappa shape index (κ2) is 6.80. The maximum absolute atomic E-state index is 12.0. The number of hydrogen-bond acceptors (Lipinski definition) is 4. The Labute approximate surface area is 132 Å². The number of hydrogen-bond donors (Lipinski definition) is 0. The summed E-state index contributed by atoms with van der Waals surface area (Å²) in [5.41, 5.74) is 2.03. The molecule has 0 atom stereocenters. The Balaban J connectivity index is 2.51. The van der Waals surface area contributed by atoms with Crippen LogP contribution in [0.1, 0.15) is 42.7 Å². The molecular formula is C16H17BrN2O2. The van der Waals surface area contributed by atoms with E-state index in [2.05, 4.69) is 25.9 Å². The Kier molecular flexibility index (Phi) is 5.07. The predicted octanol–water partition coefficient (Wildman–Crippen LogP) is 4.21. The van der Waals surface area contributed by atoms with E-state index in [1.807, 2.05) is 38.1 Å². The molecule has 0 amide bonds. The summed E-state index contributed by atoms with van der Waals surface area (Å²) in [6.45, 7) is 6.11. The third-order valence-corrected chi connectivity index (χ3v) is 3.67. The SMILES string of the molecule is CCOC(=O)c1cnc(-c2ccccc2Br)nc1C(C)C. The highest BCUT2D eigenvalue weighted by Crippen LogP contribution is 2.27. The maximum atomic E-state index is 12.0. The average molecular weight is 349 g/mol. The molecule has 2 rings (SSSR count). The molecule has 0 bridgehead atoms. The number of rotatable bonds is 4. The van der Waals surface area contributed by atoms with E-state index in [-0.39, 0.29) is 11.9 Å². The quantitative estimate of drug-likeness (QED) is 0.776. The summed E-state index contributed by atoms with van der Waals surface area (Å²) in [5, 5.41) is 0. The fourth-order valence-corrected chi connectivity index (χ4v) is 2.44. The molecule has 0 aliphatic carbocycles. The summed E-state index contributed by atoms with van der Waals surface area (Å²) >= 11 is 3.50. The molecule has 0 unspecified atom stereocenters. The standard InChI is InChI=1S/C16H17BrN2O2/c1-4-21-16(20)12-9-18-15(19-14(12)10(2)3)11-7-5-6-8-13(11)17/h5-10H,4H2,1-3H3. The maximum Gasteiger partial charge on any atom is 0.341 e. The van der Waals surface area contributed by atoms with E-state index in [4.69, 9.17) is 4.74 Å². The van der Waals surface area contributed by atoms with Crippen LogP contribution < -0.4 is 0 Å². The molecule has 0 N–H and O–H groups in total. The lowest BCUT2D eigenvalue weighted by Crippen LogP contribution is -2.12. The number of benzene rings is 1. The molecule has 0 spiro atoms. The number of carbonyl (C=O) groups excluding carboxylic acids is 1. The van der Waals surface area contributed by atoms with E-state index >= 15 is 0 Å². The van der Waals surface area contributed by atoms with E-state index in [0.717, 1.165) is 10.0 Å². The van der Waals surface area contributed by atoms with Gasteiger partial charge in [-0.25, -0.2) is 14.8 Å². The Hall–Kier alpha value is -1.75. The first-order valence-electron chi connectivity index (χ1n) is 6.83. The minimum Gasteiger partial charge on any atom is -0.462 e. The van der Waals surface area contributed by atoms with E-state index in [1.165, 1.54) is 0 Å². The smallest absolute Gasteiger partial charge is 0.341 e. The minimum atomic E-state index is -0.375. The van der Waals surface area contributed by atoms with Crippen molar-refractivity contribution in [2.45, 2.75) is 26.7 Å². The summed E-state index contributed by atoms with van der Waals surface area (Å²) in [4.78, 5) is 20.9. The molecule has 1 heterocycles. The highest BCUT2D eigenvalue weighted by Gasteiger charge is 2.19. The molecule has 110 valence electrons. The van der Waals surface area contributed by atoms with Gasteiger partial charge in [0.2, 0.25) is 0 Å². The highest BCUT2D eigenvalue weighted by atomic mass is 79.9. The molecule has 0 fully saturated rings. The molecule has 0 radical (unpaired) electrons. The van der Waals surface area contributed by atoms with Crippen LogP contribution in [-0.2, 0) is 4.74 Å². The van der Waals surface area contributed by atoms with Crippen LogP contribution in [0.3, 0.4) is 0 Å². The summed E-state index contributed by atoms with van der Waals surface area (Å²) < 4.78 is 5.98. The molecule has 1 aromatic carbocycles. The molecule has 21 heavy (non-hydrogen) atoms. The summed E-state index contributed by atoms with van der Waals surface area (Å²) in [6.07, 6.45) is 1.55. The van der Waals surface area contributed by atoms with Crippen LogP contribution in [-0.4, -0.2) is 22.5 Å². The largest absolute Gasteiger partial charge is 0.462 e. The number of esters is 1. The Morgan fingerprint density at radius 3 is 2.67 bits per heavy atom. The topological polar surface area (TPSA) is 52.1 Å². The molecule has 5 heteroatoms.